The Kier molecular flexibility index (Phi) is 4.99. The summed E-state index contributed by atoms with van der Waals surface area (Å²) in [7, 11) is 0. The van der Waals surface area contributed by atoms with Gasteiger partial charge in [0.05, 0.1) is 23.4 Å². The van der Waals surface area contributed by atoms with E-state index in [4.69, 9.17) is 17.3 Å². The van der Waals surface area contributed by atoms with E-state index in [1.165, 1.54) is 0 Å². The molecule has 4 nitrogen and oxygen atoms in total. The van der Waals surface area contributed by atoms with Gasteiger partial charge in [-0.05, 0) is 38.5 Å². The molecule has 1 atom stereocenters. The van der Waals surface area contributed by atoms with Gasteiger partial charge in [-0.15, -0.1) is 0 Å². The molecule has 5 heteroatoms. The molecule has 0 aliphatic rings. The largest absolute Gasteiger partial charge is 0.389 e. The van der Waals surface area contributed by atoms with Crippen LogP contribution >= 0.6 is 11.6 Å². The number of benzene rings is 1. The number of anilines is 1. The van der Waals surface area contributed by atoms with Crippen LogP contribution in [0.25, 0.3) is 0 Å². The lowest BCUT2D eigenvalue weighted by molar-refractivity contribution is -0.116. The zero-order valence-corrected chi connectivity index (χ0v) is 11.6. The molecule has 1 amide bonds. The highest BCUT2D eigenvalue weighted by molar-refractivity contribution is 6.33. The molecule has 0 unspecified atom stereocenters. The molecular formula is C13H19ClN2O2. The molecule has 0 fully saturated rings. The van der Waals surface area contributed by atoms with E-state index in [-0.39, 0.29) is 12.6 Å². The second-order valence-corrected chi connectivity index (χ2v) is 4.98. The number of aliphatic hydroxyl groups is 1. The van der Waals surface area contributed by atoms with Gasteiger partial charge in [-0.25, -0.2) is 0 Å². The Morgan fingerprint density at radius 3 is 2.44 bits per heavy atom. The van der Waals surface area contributed by atoms with Gasteiger partial charge in [-0.2, -0.15) is 0 Å². The van der Waals surface area contributed by atoms with Crippen LogP contribution in [-0.2, 0) is 4.79 Å². The van der Waals surface area contributed by atoms with Gasteiger partial charge >= 0.3 is 0 Å². The van der Waals surface area contributed by atoms with Gasteiger partial charge in [0.15, 0.2) is 0 Å². The van der Waals surface area contributed by atoms with Crippen LogP contribution in [0, 0.1) is 0 Å². The van der Waals surface area contributed by atoms with Crippen molar-refractivity contribution in [2.75, 3.05) is 11.4 Å². The summed E-state index contributed by atoms with van der Waals surface area (Å²) in [6, 6.07) is 5.40. The van der Waals surface area contributed by atoms with Crippen LogP contribution in [-0.4, -0.2) is 23.6 Å². The van der Waals surface area contributed by atoms with E-state index in [2.05, 4.69) is 0 Å². The van der Waals surface area contributed by atoms with Gasteiger partial charge in [0.2, 0.25) is 5.91 Å². The Morgan fingerprint density at radius 1 is 1.44 bits per heavy atom. The third-order valence-corrected chi connectivity index (χ3v) is 3.02. The smallest absolute Gasteiger partial charge is 0.236 e. The minimum Gasteiger partial charge on any atom is -0.389 e. The summed E-state index contributed by atoms with van der Waals surface area (Å²) in [5, 5.41) is 9.99. The van der Waals surface area contributed by atoms with E-state index in [0.717, 1.165) is 11.3 Å². The fourth-order valence-corrected chi connectivity index (χ4v) is 2.03. The Morgan fingerprint density at radius 2 is 2.06 bits per heavy atom. The summed E-state index contributed by atoms with van der Waals surface area (Å²) in [6.07, 6.45) is -0.569. The fraction of sp³-hybridized carbons (Fsp3) is 0.462. The molecule has 0 aromatic heterocycles. The molecule has 0 saturated heterocycles. The van der Waals surface area contributed by atoms with Gasteiger partial charge < -0.3 is 15.7 Å². The molecule has 0 spiro atoms. The molecule has 0 heterocycles. The highest BCUT2D eigenvalue weighted by atomic mass is 35.5. The monoisotopic (exact) mass is 270 g/mol. The number of hydrogen-bond donors (Lipinski definition) is 2. The Balaban J connectivity index is 3.09. The molecule has 0 radical (unpaired) electrons. The average Bonchev–Trinajstić information content (AvgIpc) is 2.25. The zero-order chi connectivity index (χ0) is 13.9. The van der Waals surface area contributed by atoms with E-state index < -0.39 is 12.0 Å². The molecule has 0 bridgehead atoms. The molecule has 1 rings (SSSR count). The van der Waals surface area contributed by atoms with Crippen LogP contribution < -0.4 is 10.6 Å². The van der Waals surface area contributed by atoms with E-state index in [9.17, 15) is 9.90 Å². The van der Waals surface area contributed by atoms with Gasteiger partial charge in [0.1, 0.15) is 0 Å². The highest BCUT2D eigenvalue weighted by Crippen LogP contribution is 2.30. The number of amides is 1. The lowest BCUT2D eigenvalue weighted by Gasteiger charge is -2.28. The van der Waals surface area contributed by atoms with Gasteiger partial charge in [0.25, 0.3) is 0 Å². The van der Waals surface area contributed by atoms with Crippen LogP contribution in [0.2, 0.25) is 5.02 Å². The van der Waals surface area contributed by atoms with Crippen LogP contribution in [0.4, 0.5) is 5.69 Å². The number of carbonyl (C=O) groups excluding carboxylic acids is 1. The molecule has 0 aliphatic carbocycles. The number of aliphatic hydroxyl groups excluding tert-OH is 1. The maximum absolute atomic E-state index is 11.1. The van der Waals surface area contributed by atoms with Gasteiger partial charge in [0, 0.05) is 6.04 Å². The van der Waals surface area contributed by atoms with Crippen molar-refractivity contribution < 1.29 is 9.90 Å². The van der Waals surface area contributed by atoms with Gasteiger partial charge in [-0.1, -0.05) is 17.7 Å². The maximum Gasteiger partial charge on any atom is 0.236 e. The zero-order valence-electron chi connectivity index (χ0n) is 10.9. The van der Waals surface area contributed by atoms with Crippen LogP contribution in [0.5, 0.6) is 0 Å². The number of nitrogens with zero attached hydrogens (tertiary/aromatic N) is 1. The average molecular weight is 271 g/mol. The van der Waals surface area contributed by atoms with E-state index in [1.807, 2.05) is 18.7 Å². The third kappa shape index (κ3) is 3.62. The van der Waals surface area contributed by atoms with Crippen molar-refractivity contribution in [3.8, 4) is 0 Å². The normalized spacial score (nSPS) is 12.6. The number of hydrogen-bond acceptors (Lipinski definition) is 3. The molecule has 18 heavy (non-hydrogen) atoms. The lowest BCUT2D eigenvalue weighted by Crippen LogP contribution is -2.38. The minimum atomic E-state index is -0.569. The van der Waals surface area contributed by atoms with Crippen molar-refractivity contribution in [2.24, 2.45) is 5.73 Å². The Bertz CT molecular complexity index is 433. The van der Waals surface area contributed by atoms with Crippen LogP contribution in [0.3, 0.4) is 0 Å². The summed E-state index contributed by atoms with van der Waals surface area (Å²) >= 11 is 6.19. The summed E-state index contributed by atoms with van der Waals surface area (Å²) in [4.78, 5) is 12.9. The van der Waals surface area contributed by atoms with Crippen molar-refractivity contribution in [2.45, 2.75) is 32.9 Å². The molecule has 0 saturated carbocycles. The second-order valence-electron chi connectivity index (χ2n) is 4.57. The lowest BCUT2D eigenvalue weighted by atomic mass is 10.1. The van der Waals surface area contributed by atoms with Gasteiger partial charge in [-0.3, -0.25) is 4.79 Å². The predicted molar refractivity (Wildman–Crippen MR) is 73.8 cm³/mol. The Labute approximate surface area is 112 Å². The van der Waals surface area contributed by atoms with Crippen LogP contribution in [0.15, 0.2) is 18.2 Å². The SMILES string of the molecule is CC(C)N(CC(N)=O)c1ccc([C@@H](C)O)cc1Cl. The molecule has 1 aromatic carbocycles. The third-order valence-electron chi connectivity index (χ3n) is 2.71. The second kappa shape index (κ2) is 6.07. The van der Waals surface area contributed by atoms with Crippen molar-refractivity contribution in [1.82, 2.24) is 0 Å². The summed E-state index contributed by atoms with van der Waals surface area (Å²) < 4.78 is 0. The molecule has 1 aromatic rings. The molecule has 3 N–H and O–H groups in total. The first-order chi connectivity index (χ1) is 8.32. The summed E-state index contributed by atoms with van der Waals surface area (Å²) in [6.45, 7) is 5.71. The first-order valence-corrected chi connectivity index (χ1v) is 6.23. The van der Waals surface area contributed by atoms with Crippen molar-refractivity contribution >= 4 is 23.2 Å². The molecular weight excluding hydrogens is 252 g/mol. The topological polar surface area (TPSA) is 66.6 Å². The summed E-state index contributed by atoms with van der Waals surface area (Å²) in [5.74, 6) is -0.403. The van der Waals surface area contributed by atoms with Crippen molar-refractivity contribution in [3.05, 3.63) is 28.8 Å². The standard InChI is InChI=1S/C13H19ClN2O2/c1-8(2)16(7-13(15)18)12-5-4-10(9(3)17)6-11(12)14/h4-6,8-9,17H,7H2,1-3H3,(H2,15,18)/t9-/m1/s1. The van der Waals surface area contributed by atoms with E-state index >= 15 is 0 Å². The number of carbonyl (C=O) groups is 1. The molecule has 100 valence electrons. The predicted octanol–water partition coefficient (Wildman–Crippen LogP) is 2.09. The Hall–Kier alpha value is -1.26. The minimum absolute atomic E-state index is 0.104. The number of rotatable bonds is 5. The van der Waals surface area contributed by atoms with Crippen molar-refractivity contribution in [1.29, 1.82) is 0 Å². The van der Waals surface area contributed by atoms with E-state index in [1.54, 1.807) is 25.1 Å². The van der Waals surface area contributed by atoms with Crippen molar-refractivity contribution in [3.63, 3.8) is 0 Å². The van der Waals surface area contributed by atoms with E-state index in [0.29, 0.717) is 5.02 Å². The quantitative estimate of drug-likeness (QED) is 0.861. The first kappa shape index (κ1) is 14.8. The highest BCUT2D eigenvalue weighted by Gasteiger charge is 2.16. The number of nitrogens with two attached hydrogens (primary N) is 1. The fourth-order valence-electron chi connectivity index (χ4n) is 1.73. The first-order valence-electron chi connectivity index (χ1n) is 5.85. The number of primary amides is 1. The van der Waals surface area contributed by atoms with Crippen LogP contribution in [0.1, 0.15) is 32.4 Å². The maximum atomic E-state index is 11.1. The molecule has 0 aliphatic heterocycles. The summed E-state index contributed by atoms with van der Waals surface area (Å²) in [5.41, 5.74) is 6.72. The number of halogens is 1.